The molecule has 0 aromatic carbocycles. The summed E-state index contributed by atoms with van der Waals surface area (Å²) in [5, 5.41) is 14.8. The summed E-state index contributed by atoms with van der Waals surface area (Å²) >= 11 is 0. The summed E-state index contributed by atoms with van der Waals surface area (Å²) in [6, 6.07) is 0. The van der Waals surface area contributed by atoms with Crippen molar-refractivity contribution in [3.63, 3.8) is 0 Å². The topological polar surface area (TPSA) is 74.6 Å². The number of carboxylic acids is 2. The fourth-order valence-electron chi connectivity index (χ4n) is 0. The Morgan fingerprint density at radius 2 is 1.00 bits per heavy atom. The second-order valence-corrected chi connectivity index (χ2v) is 1.04. The zero-order valence-electron chi connectivity index (χ0n) is 5.29. The van der Waals surface area contributed by atoms with E-state index in [1.54, 1.807) is 0 Å². The van der Waals surface area contributed by atoms with Crippen molar-refractivity contribution in [2.75, 3.05) is 0 Å². The molecule has 0 fully saturated rings. The fourth-order valence-corrected chi connectivity index (χ4v) is 0. The van der Waals surface area contributed by atoms with Crippen LogP contribution in [0, 0.1) is 0 Å². The summed E-state index contributed by atoms with van der Waals surface area (Å²) in [6.07, 6.45) is 0. The van der Waals surface area contributed by atoms with Crippen LogP contribution in [0.5, 0.6) is 0 Å². The predicted molar refractivity (Wildman–Crippen MR) is 35.2 cm³/mol. The first-order valence-corrected chi connectivity index (χ1v) is 1.86. The average molecular weight is 348 g/mol. The monoisotopic (exact) mass is 349 g/mol. The van der Waals surface area contributed by atoms with Gasteiger partial charge >= 0.3 is 48.9 Å². The molecular weight excluding hydrogens is 338 g/mol. The van der Waals surface area contributed by atoms with Crippen molar-refractivity contribution in [1.82, 2.24) is 0 Å². The Hall–Kier alpha value is 1.62. The van der Waals surface area contributed by atoms with Crippen LogP contribution in [0.25, 0.3) is 0 Å². The van der Waals surface area contributed by atoms with E-state index < -0.39 is 11.9 Å². The second kappa shape index (κ2) is 16.9. The van der Waals surface area contributed by atoms with E-state index in [1.165, 1.54) is 0 Å². The summed E-state index contributed by atoms with van der Waals surface area (Å²) < 4.78 is 0. The van der Waals surface area contributed by atoms with E-state index in [0.29, 0.717) is 0 Å². The summed E-state index contributed by atoms with van der Waals surface area (Å²) in [7, 11) is 0. The molecule has 0 aliphatic heterocycles. The van der Waals surface area contributed by atoms with E-state index in [4.69, 9.17) is 19.8 Å². The second-order valence-electron chi connectivity index (χ2n) is 1.04. The summed E-state index contributed by atoms with van der Waals surface area (Å²) in [5.74, 6) is -1.67. The van der Waals surface area contributed by atoms with Crippen molar-refractivity contribution in [3.05, 3.63) is 0 Å². The zero-order chi connectivity index (χ0) is 7.15. The molecule has 0 aliphatic carbocycles. The largest absolute Gasteiger partial charge is 0 e. The van der Waals surface area contributed by atoms with Gasteiger partial charge in [0.25, 0.3) is 11.9 Å². The minimum Gasteiger partial charge on any atom is 0 e. The third-order valence-electron chi connectivity index (χ3n) is 0. The summed E-state index contributed by atoms with van der Waals surface area (Å²) in [6.45, 7) is 2.17. The third kappa shape index (κ3) is 274. The van der Waals surface area contributed by atoms with Gasteiger partial charge in [-0.3, -0.25) is 9.59 Å². The first-order chi connectivity index (χ1) is 3.46. The normalized spacial score (nSPS) is 5.00. The standard InChI is InChI=1S/2C2H4O2.Ba.Y.2H/c2*1-2(3)4;;;;/h2*1H3,(H,3,4);;;;. The number of carboxylic acid groups (broad SMARTS) is 2. The van der Waals surface area contributed by atoms with Gasteiger partial charge in [0, 0.05) is 46.6 Å². The van der Waals surface area contributed by atoms with Crippen LogP contribution in [-0.4, -0.2) is 71.0 Å². The van der Waals surface area contributed by atoms with Gasteiger partial charge in [0.1, 0.15) is 0 Å². The van der Waals surface area contributed by atoms with Crippen molar-refractivity contribution in [1.29, 1.82) is 0 Å². The molecule has 1 radical (unpaired) electrons. The Labute approximate surface area is 125 Å². The summed E-state index contributed by atoms with van der Waals surface area (Å²) in [4.78, 5) is 18.0. The molecule has 4 nitrogen and oxygen atoms in total. The maximum Gasteiger partial charge on any atom is 0 e. The molecule has 0 saturated carbocycles. The minimum atomic E-state index is -0.833. The van der Waals surface area contributed by atoms with Gasteiger partial charge in [0.05, 0.1) is 0 Å². The van der Waals surface area contributed by atoms with Gasteiger partial charge in [-0.2, -0.15) is 0 Å². The van der Waals surface area contributed by atoms with Gasteiger partial charge < -0.3 is 10.2 Å². The number of hydrogen-bond donors (Lipinski definition) is 2. The average Bonchev–Trinajstić information content (AvgIpc) is 1.25. The van der Waals surface area contributed by atoms with E-state index in [2.05, 4.69) is 0 Å². The maximum atomic E-state index is 9.00. The van der Waals surface area contributed by atoms with Gasteiger partial charge in [-0.05, 0) is 0 Å². The van der Waals surface area contributed by atoms with Gasteiger partial charge in [-0.25, -0.2) is 0 Å². The third-order valence-corrected chi connectivity index (χ3v) is 0. The molecule has 0 aliphatic rings. The first kappa shape index (κ1) is 22.6. The molecule has 0 saturated heterocycles. The van der Waals surface area contributed by atoms with Crippen LogP contribution in [0.15, 0.2) is 0 Å². The fraction of sp³-hybridized carbons (Fsp3) is 0.500. The predicted octanol–water partition coefficient (Wildman–Crippen LogP) is -0.737. The Bertz CT molecular complexity index is 75.3. The minimum absolute atomic E-state index is 0. The van der Waals surface area contributed by atoms with E-state index in [9.17, 15) is 0 Å². The molecule has 0 aromatic heterocycles. The van der Waals surface area contributed by atoms with E-state index in [0.717, 1.165) is 13.8 Å². The van der Waals surface area contributed by atoms with Crippen molar-refractivity contribution >= 4 is 60.8 Å². The van der Waals surface area contributed by atoms with Crippen molar-refractivity contribution < 1.29 is 52.5 Å². The van der Waals surface area contributed by atoms with E-state index in [1.807, 2.05) is 0 Å². The number of hydrogen-bond acceptors (Lipinski definition) is 2. The molecule has 0 spiro atoms. The molecule has 0 unspecified atom stereocenters. The molecule has 0 bridgehead atoms. The van der Waals surface area contributed by atoms with Gasteiger partial charge in [0.15, 0.2) is 0 Å². The van der Waals surface area contributed by atoms with Crippen LogP contribution < -0.4 is 0 Å². The Morgan fingerprint density at radius 1 is 1.00 bits per heavy atom. The van der Waals surface area contributed by atoms with Crippen molar-refractivity contribution in [3.8, 4) is 0 Å². The number of rotatable bonds is 0. The van der Waals surface area contributed by atoms with Gasteiger partial charge in [-0.1, -0.05) is 0 Å². The Morgan fingerprint density at radius 3 is 1.00 bits per heavy atom. The van der Waals surface area contributed by atoms with Gasteiger partial charge in [-0.15, -0.1) is 0 Å². The summed E-state index contributed by atoms with van der Waals surface area (Å²) in [5.41, 5.74) is 0. The Balaban J connectivity index is -0.0000000300. The van der Waals surface area contributed by atoms with E-state index in [-0.39, 0.29) is 81.6 Å². The molecule has 10 heavy (non-hydrogen) atoms. The molecule has 2 N–H and O–H groups in total. The zero-order valence-corrected chi connectivity index (χ0v) is 8.13. The quantitative estimate of drug-likeness (QED) is 0.566. The maximum absolute atomic E-state index is 9.00. The molecule has 6 heteroatoms. The smallest absolute Gasteiger partial charge is 0 e. The van der Waals surface area contributed by atoms with Gasteiger partial charge in [0.2, 0.25) is 0 Å². The van der Waals surface area contributed by atoms with Crippen LogP contribution in [0.1, 0.15) is 13.8 Å². The van der Waals surface area contributed by atoms with Crippen LogP contribution in [0.4, 0.5) is 0 Å². The molecule has 0 amide bonds. The van der Waals surface area contributed by atoms with E-state index >= 15 is 0 Å². The SMILES string of the molecule is CC(=O)O.CC(=O)O.[BaH2].[Y]. The number of carbonyl (C=O) groups is 2. The van der Waals surface area contributed by atoms with Crippen molar-refractivity contribution in [2.24, 2.45) is 0 Å². The first-order valence-electron chi connectivity index (χ1n) is 1.86. The molecular formula is C4H10BaO4Y. The molecule has 0 rings (SSSR count). The molecule has 0 heterocycles. The molecule has 0 aromatic rings. The van der Waals surface area contributed by atoms with Crippen LogP contribution in [0.3, 0.4) is 0 Å². The van der Waals surface area contributed by atoms with Crippen LogP contribution >= 0.6 is 0 Å². The molecule has 0 atom stereocenters. The van der Waals surface area contributed by atoms with Crippen LogP contribution in [-0.2, 0) is 42.3 Å². The van der Waals surface area contributed by atoms with Crippen LogP contribution in [0.2, 0.25) is 0 Å². The Kier molecular flexibility index (Phi) is 38.2. The molecule has 55 valence electrons. The number of aliphatic carboxylic acids is 2. The van der Waals surface area contributed by atoms with Crippen molar-refractivity contribution in [2.45, 2.75) is 13.8 Å².